The van der Waals surface area contributed by atoms with Crippen molar-refractivity contribution in [2.75, 3.05) is 0 Å². The molecule has 0 aliphatic rings. The summed E-state index contributed by atoms with van der Waals surface area (Å²) in [5.41, 5.74) is 0.467. The molecule has 1 aromatic heterocycles. The number of benzene rings is 1. The predicted octanol–water partition coefficient (Wildman–Crippen LogP) is 1.69. The van der Waals surface area contributed by atoms with Crippen LogP contribution in [0.15, 0.2) is 36.7 Å². The fourth-order valence-electron chi connectivity index (χ4n) is 1.35. The number of ether oxygens (including phenoxy) is 1. The fraction of sp³-hybridized carbons (Fsp3) is 0.167. The van der Waals surface area contributed by atoms with Crippen molar-refractivity contribution in [3.63, 3.8) is 0 Å². The molecule has 0 unspecified atom stereocenters. The quantitative estimate of drug-likeness (QED) is 0.874. The van der Waals surface area contributed by atoms with E-state index in [1.165, 1.54) is 12.1 Å². The predicted molar refractivity (Wildman–Crippen MR) is 58.7 cm³/mol. The molecule has 5 heteroatoms. The van der Waals surface area contributed by atoms with Crippen LogP contribution in [0.3, 0.4) is 0 Å². The van der Waals surface area contributed by atoms with Crippen molar-refractivity contribution < 1.29 is 14.2 Å². The molecule has 0 radical (unpaired) electrons. The summed E-state index contributed by atoms with van der Waals surface area (Å²) in [6.07, 6.45) is 3.22. The molecule has 0 fully saturated rings. The van der Waals surface area contributed by atoms with E-state index in [0.717, 1.165) is 0 Å². The summed E-state index contributed by atoms with van der Waals surface area (Å²) in [6, 6.07) is 5.79. The molecule has 0 saturated heterocycles. The average Bonchev–Trinajstić information content (AvgIpc) is 2.37. The highest BCUT2D eigenvalue weighted by Crippen LogP contribution is 2.17. The van der Waals surface area contributed by atoms with E-state index < -0.39 is 5.82 Å². The van der Waals surface area contributed by atoms with Crippen LogP contribution in [0.5, 0.6) is 5.75 Å². The number of hydrogen-bond donors (Lipinski definition) is 1. The molecule has 1 heterocycles. The van der Waals surface area contributed by atoms with Crippen molar-refractivity contribution >= 4 is 0 Å². The number of rotatable bonds is 4. The Morgan fingerprint density at radius 3 is 2.65 bits per heavy atom. The third kappa shape index (κ3) is 3.22. The molecule has 2 rings (SSSR count). The van der Waals surface area contributed by atoms with Crippen molar-refractivity contribution in [3.8, 4) is 5.75 Å². The van der Waals surface area contributed by atoms with Gasteiger partial charge in [-0.2, -0.15) is 0 Å². The first kappa shape index (κ1) is 11.5. The molecule has 0 aliphatic heterocycles. The van der Waals surface area contributed by atoms with Crippen molar-refractivity contribution in [3.05, 3.63) is 53.9 Å². The largest absolute Gasteiger partial charge is 0.485 e. The smallest absolute Gasteiger partial charge is 0.166 e. The number of aliphatic hydroxyl groups excluding tert-OH is 1. The Morgan fingerprint density at radius 1 is 1.18 bits per heavy atom. The van der Waals surface area contributed by atoms with Gasteiger partial charge < -0.3 is 9.84 Å². The second-order valence-corrected chi connectivity index (χ2v) is 3.41. The summed E-state index contributed by atoms with van der Waals surface area (Å²) in [4.78, 5) is 7.96. The van der Waals surface area contributed by atoms with Crippen molar-refractivity contribution in [1.82, 2.24) is 9.97 Å². The molecule has 2 aromatic rings. The topological polar surface area (TPSA) is 55.2 Å². The lowest BCUT2D eigenvalue weighted by Gasteiger charge is -2.06. The highest BCUT2D eigenvalue weighted by atomic mass is 19.1. The van der Waals surface area contributed by atoms with Gasteiger partial charge in [0, 0.05) is 18.5 Å². The van der Waals surface area contributed by atoms with Crippen LogP contribution in [-0.4, -0.2) is 15.1 Å². The SMILES string of the molecule is OCc1cc(F)cc(OCc2ncccn2)c1. The number of aliphatic hydroxyl groups is 1. The fourth-order valence-corrected chi connectivity index (χ4v) is 1.35. The van der Waals surface area contributed by atoms with Gasteiger partial charge in [0.25, 0.3) is 0 Å². The molecule has 0 atom stereocenters. The molecule has 0 amide bonds. The second-order valence-electron chi connectivity index (χ2n) is 3.41. The molecule has 88 valence electrons. The maximum Gasteiger partial charge on any atom is 0.166 e. The summed E-state index contributed by atoms with van der Waals surface area (Å²) in [7, 11) is 0. The molecule has 1 N–H and O–H groups in total. The molecular formula is C12H11FN2O2. The molecule has 0 spiro atoms. The zero-order valence-corrected chi connectivity index (χ0v) is 9.01. The average molecular weight is 234 g/mol. The molecule has 4 nitrogen and oxygen atoms in total. The van der Waals surface area contributed by atoms with E-state index in [4.69, 9.17) is 9.84 Å². The first-order chi connectivity index (χ1) is 8.28. The maximum atomic E-state index is 13.1. The number of nitrogens with zero attached hydrogens (tertiary/aromatic N) is 2. The second kappa shape index (κ2) is 5.36. The van der Waals surface area contributed by atoms with Gasteiger partial charge in [-0.05, 0) is 23.8 Å². The molecule has 0 saturated carbocycles. The van der Waals surface area contributed by atoms with Crippen molar-refractivity contribution in [2.24, 2.45) is 0 Å². The van der Waals surface area contributed by atoms with Gasteiger partial charge in [-0.25, -0.2) is 14.4 Å². The van der Waals surface area contributed by atoms with E-state index in [2.05, 4.69) is 9.97 Å². The molecule has 17 heavy (non-hydrogen) atoms. The minimum atomic E-state index is -0.444. The Labute approximate surface area is 97.7 Å². The van der Waals surface area contributed by atoms with E-state index in [9.17, 15) is 4.39 Å². The summed E-state index contributed by atoms with van der Waals surface area (Å²) in [6.45, 7) is -0.0644. The summed E-state index contributed by atoms with van der Waals surface area (Å²) < 4.78 is 18.5. The molecule has 0 aliphatic carbocycles. The third-order valence-corrected chi connectivity index (χ3v) is 2.10. The molecular weight excluding hydrogens is 223 g/mol. The summed E-state index contributed by atoms with van der Waals surface area (Å²) >= 11 is 0. The van der Waals surface area contributed by atoms with Crippen LogP contribution in [0, 0.1) is 5.82 Å². The van der Waals surface area contributed by atoms with Gasteiger partial charge in [0.1, 0.15) is 18.2 Å². The van der Waals surface area contributed by atoms with E-state index in [1.54, 1.807) is 24.5 Å². The summed E-state index contributed by atoms with van der Waals surface area (Å²) in [5.74, 6) is 0.421. The number of hydrogen-bond acceptors (Lipinski definition) is 4. The van der Waals surface area contributed by atoms with Gasteiger partial charge in [0.05, 0.1) is 6.61 Å². The van der Waals surface area contributed by atoms with Gasteiger partial charge in [-0.15, -0.1) is 0 Å². The van der Waals surface area contributed by atoms with E-state index in [-0.39, 0.29) is 13.2 Å². The molecule has 0 bridgehead atoms. The number of halogens is 1. The van der Waals surface area contributed by atoms with Crippen LogP contribution in [0.4, 0.5) is 4.39 Å². The number of aromatic nitrogens is 2. The van der Waals surface area contributed by atoms with E-state index in [1.807, 2.05) is 0 Å². The Bertz CT molecular complexity index is 491. The maximum absolute atomic E-state index is 13.1. The summed E-state index contributed by atoms with van der Waals surface area (Å²) in [5, 5.41) is 8.92. The van der Waals surface area contributed by atoms with Crippen LogP contribution < -0.4 is 4.74 Å². The Balaban J connectivity index is 2.06. The van der Waals surface area contributed by atoms with Crippen LogP contribution in [0.25, 0.3) is 0 Å². The van der Waals surface area contributed by atoms with Crippen LogP contribution in [-0.2, 0) is 13.2 Å². The zero-order valence-electron chi connectivity index (χ0n) is 9.01. The Morgan fingerprint density at radius 2 is 1.94 bits per heavy atom. The van der Waals surface area contributed by atoms with E-state index >= 15 is 0 Å². The van der Waals surface area contributed by atoms with Crippen LogP contribution in [0.1, 0.15) is 11.4 Å². The minimum absolute atomic E-state index is 0.162. The monoisotopic (exact) mass is 234 g/mol. The van der Waals surface area contributed by atoms with Gasteiger partial charge in [0.15, 0.2) is 5.82 Å². The Hall–Kier alpha value is -2.01. The van der Waals surface area contributed by atoms with E-state index in [0.29, 0.717) is 17.1 Å². The zero-order chi connectivity index (χ0) is 12.1. The first-order valence-corrected chi connectivity index (χ1v) is 5.07. The first-order valence-electron chi connectivity index (χ1n) is 5.07. The lowest BCUT2D eigenvalue weighted by Crippen LogP contribution is -2.01. The normalized spacial score (nSPS) is 10.2. The van der Waals surface area contributed by atoms with Crippen molar-refractivity contribution in [1.29, 1.82) is 0 Å². The van der Waals surface area contributed by atoms with Gasteiger partial charge >= 0.3 is 0 Å². The van der Waals surface area contributed by atoms with Crippen LogP contribution in [0.2, 0.25) is 0 Å². The highest BCUT2D eigenvalue weighted by Gasteiger charge is 2.02. The van der Waals surface area contributed by atoms with Gasteiger partial charge in [-0.3, -0.25) is 0 Å². The highest BCUT2D eigenvalue weighted by molar-refractivity contribution is 5.29. The standard InChI is InChI=1S/C12H11FN2O2/c13-10-4-9(7-16)5-11(6-10)17-8-12-14-2-1-3-15-12/h1-6,16H,7-8H2. The molecule has 1 aromatic carbocycles. The van der Waals surface area contributed by atoms with Gasteiger partial charge in [-0.1, -0.05) is 0 Å². The van der Waals surface area contributed by atoms with Crippen LogP contribution >= 0.6 is 0 Å². The van der Waals surface area contributed by atoms with Crippen molar-refractivity contribution in [2.45, 2.75) is 13.2 Å². The Kier molecular flexibility index (Phi) is 3.62. The lowest BCUT2D eigenvalue weighted by molar-refractivity contribution is 0.275. The lowest BCUT2D eigenvalue weighted by atomic mass is 10.2. The minimum Gasteiger partial charge on any atom is -0.485 e. The van der Waals surface area contributed by atoms with Gasteiger partial charge in [0.2, 0.25) is 0 Å². The third-order valence-electron chi connectivity index (χ3n) is 2.10.